The van der Waals surface area contributed by atoms with Crippen LogP contribution in [0.25, 0.3) is 0 Å². The summed E-state index contributed by atoms with van der Waals surface area (Å²) in [5, 5.41) is 17.1. The van der Waals surface area contributed by atoms with Gasteiger partial charge in [0.25, 0.3) is 0 Å². The van der Waals surface area contributed by atoms with E-state index < -0.39 is 28.9 Å². The fourth-order valence-electron chi connectivity index (χ4n) is 1.01. The van der Waals surface area contributed by atoms with Gasteiger partial charge in [-0.2, -0.15) is 0 Å². The smallest absolute Gasteiger partial charge is 0.339 e. The minimum absolute atomic E-state index is 0.134. The summed E-state index contributed by atoms with van der Waals surface area (Å²) >= 11 is 0. The number of nitrogens with two attached hydrogens (primary N) is 1. The molecule has 0 aliphatic heterocycles. The third kappa shape index (κ3) is 1.63. The fourth-order valence-corrected chi connectivity index (χ4v) is 1.01. The average Bonchev–Trinajstić information content (AvgIpc) is 2.01. The van der Waals surface area contributed by atoms with E-state index >= 15 is 0 Å². The molecule has 1 aromatic carbocycles. The van der Waals surface area contributed by atoms with Crippen molar-refractivity contribution in [1.29, 1.82) is 0 Å². The predicted molar refractivity (Wildman–Crippen MR) is 44.7 cm³/mol. The van der Waals surface area contributed by atoms with Crippen LogP contribution in [0, 0.1) is 5.82 Å². The van der Waals surface area contributed by atoms with Crippen LogP contribution in [0.3, 0.4) is 0 Å². The number of halogens is 1. The van der Waals surface area contributed by atoms with Gasteiger partial charge in [-0.1, -0.05) is 0 Å². The van der Waals surface area contributed by atoms with Crippen LogP contribution in [0.15, 0.2) is 12.1 Å². The molecule has 4 N–H and O–H groups in total. The second-order valence-electron chi connectivity index (χ2n) is 2.54. The summed E-state index contributed by atoms with van der Waals surface area (Å²) in [5.41, 5.74) is 3.50. The molecule has 0 aliphatic rings. The molecule has 1 rings (SSSR count). The number of benzene rings is 1. The molecular weight excluding hydrogens is 193 g/mol. The van der Waals surface area contributed by atoms with Crippen molar-refractivity contribution in [2.24, 2.45) is 0 Å². The van der Waals surface area contributed by atoms with Crippen molar-refractivity contribution < 1.29 is 24.2 Å². The Hall–Kier alpha value is -2.11. The van der Waals surface area contributed by atoms with Gasteiger partial charge in [0.05, 0.1) is 5.56 Å². The maximum Gasteiger partial charge on any atom is 0.339 e. The minimum atomic E-state index is -1.64. The Morgan fingerprint density at radius 1 is 1.21 bits per heavy atom. The number of carboxylic acids is 2. The molecule has 0 atom stereocenters. The molecule has 0 aliphatic carbocycles. The third-order valence-corrected chi connectivity index (χ3v) is 1.56. The number of hydrogen-bond donors (Lipinski definition) is 3. The first-order valence-corrected chi connectivity index (χ1v) is 3.49. The molecule has 14 heavy (non-hydrogen) atoms. The lowest BCUT2D eigenvalue weighted by molar-refractivity contribution is 0.0647. The van der Waals surface area contributed by atoms with E-state index in [9.17, 15) is 14.0 Å². The molecule has 0 fully saturated rings. The Kier molecular flexibility index (Phi) is 2.37. The first kappa shape index (κ1) is 9.97. The second kappa shape index (κ2) is 3.33. The third-order valence-electron chi connectivity index (χ3n) is 1.56. The monoisotopic (exact) mass is 199 g/mol. The lowest BCUT2D eigenvalue weighted by Crippen LogP contribution is -2.11. The zero-order chi connectivity index (χ0) is 10.9. The number of hydrogen-bond acceptors (Lipinski definition) is 3. The molecule has 6 heteroatoms. The van der Waals surface area contributed by atoms with Crippen molar-refractivity contribution in [2.75, 3.05) is 5.73 Å². The second-order valence-corrected chi connectivity index (χ2v) is 2.54. The van der Waals surface area contributed by atoms with Crippen molar-refractivity contribution in [1.82, 2.24) is 0 Å². The first-order chi connectivity index (χ1) is 6.43. The molecule has 0 bridgehead atoms. The average molecular weight is 199 g/mol. The minimum Gasteiger partial charge on any atom is -0.478 e. The molecular formula is C8H6FNO4. The highest BCUT2D eigenvalue weighted by Gasteiger charge is 2.21. The summed E-state index contributed by atoms with van der Waals surface area (Å²) in [5.74, 6) is -4.33. The van der Waals surface area contributed by atoms with Crippen LogP contribution in [0.5, 0.6) is 0 Å². The van der Waals surface area contributed by atoms with Crippen molar-refractivity contribution in [2.45, 2.75) is 0 Å². The van der Waals surface area contributed by atoms with Crippen LogP contribution in [-0.4, -0.2) is 22.2 Å². The van der Waals surface area contributed by atoms with E-state index in [1.54, 1.807) is 0 Å². The van der Waals surface area contributed by atoms with Gasteiger partial charge in [0.1, 0.15) is 11.4 Å². The Bertz CT molecular complexity index is 416. The molecule has 0 amide bonds. The Morgan fingerprint density at radius 3 is 2.21 bits per heavy atom. The van der Waals surface area contributed by atoms with E-state index in [4.69, 9.17) is 15.9 Å². The van der Waals surface area contributed by atoms with Gasteiger partial charge in [0.15, 0.2) is 0 Å². The first-order valence-electron chi connectivity index (χ1n) is 3.49. The van der Waals surface area contributed by atoms with Gasteiger partial charge in [0, 0.05) is 5.69 Å². The molecule has 0 spiro atoms. The van der Waals surface area contributed by atoms with Gasteiger partial charge in [-0.3, -0.25) is 0 Å². The van der Waals surface area contributed by atoms with E-state index in [1.165, 1.54) is 0 Å². The van der Waals surface area contributed by atoms with E-state index in [1.807, 2.05) is 0 Å². The number of aromatic carboxylic acids is 2. The fraction of sp³-hybridized carbons (Fsp3) is 0. The number of carboxylic acid groups (broad SMARTS) is 2. The molecule has 0 heterocycles. The standard InChI is InChI=1S/C8H6FNO4/c9-5-2-3(10)1-4(7(11)12)6(5)8(13)14/h1-2H,10H2,(H,11,12)(H,13,14). The highest BCUT2D eigenvalue weighted by molar-refractivity contribution is 6.02. The molecule has 74 valence electrons. The Balaban J connectivity index is 3.52. The van der Waals surface area contributed by atoms with Gasteiger partial charge in [-0.25, -0.2) is 14.0 Å². The van der Waals surface area contributed by atoms with Crippen LogP contribution < -0.4 is 5.73 Å². The number of nitrogen functional groups attached to an aromatic ring is 1. The van der Waals surface area contributed by atoms with Gasteiger partial charge in [0.2, 0.25) is 0 Å². The van der Waals surface area contributed by atoms with Crippen LogP contribution in [0.2, 0.25) is 0 Å². The summed E-state index contributed by atoms with van der Waals surface area (Å²) in [6.07, 6.45) is 0. The largest absolute Gasteiger partial charge is 0.478 e. The lowest BCUT2D eigenvalue weighted by Gasteiger charge is -2.03. The Morgan fingerprint density at radius 2 is 1.79 bits per heavy atom. The molecule has 0 saturated heterocycles. The number of anilines is 1. The van der Waals surface area contributed by atoms with Gasteiger partial charge in [-0.05, 0) is 12.1 Å². The van der Waals surface area contributed by atoms with Crippen LogP contribution in [-0.2, 0) is 0 Å². The van der Waals surface area contributed by atoms with Crippen LogP contribution >= 0.6 is 0 Å². The van der Waals surface area contributed by atoms with Crippen molar-refractivity contribution >= 4 is 17.6 Å². The summed E-state index contributed by atoms with van der Waals surface area (Å²) in [7, 11) is 0. The lowest BCUT2D eigenvalue weighted by atomic mass is 10.1. The zero-order valence-corrected chi connectivity index (χ0v) is 6.82. The SMILES string of the molecule is Nc1cc(F)c(C(=O)O)c(C(=O)O)c1. The van der Waals surface area contributed by atoms with Crippen molar-refractivity contribution in [3.8, 4) is 0 Å². The van der Waals surface area contributed by atoms with Gasteiger partial charge in [-0.15, -0.1) is 0 Å². The molecule has 0 aromatic heterocycles. The number of rotatable bonds is 2. The molecule has 0 saturated carbocycles. The predicted octanol–water partition coefficient (Wildman–Crippen LogP) is 0.804. The number of carbonyl (C=O) groups is 2. The molecule has 0 unspecified atom stereocenters. The van der Waals surface area contributed by atoms with Gasteiger partial charge < -0.3 is 15.9 Å². The summed E-state index contributed by atoms with van der Waals surface area (Å²) in [4.78, 5) is 21.1. The summed E-state index contributed by atoms with van der Waals surface area (Å²) in [6.45, 7) is 0. The van der Waals surface area contributed by atoms with E-state index in [2.05, 4.69) is 0 Å². The maximum atomic E-state index is 13.0. The molecule has 1 aromatic rings. The van der Waals surface area contributed by atoms with E-state index in [0.717, 1.165) is 12.1 Å². The Labute approximate surface area is 77.6 Å². The zero-order valence-electron chi connectivity index (χ0n) is 6.82. The molecule has 0 radical (unpaired) electrons. The topological polar surface area (TPSA) is 101 Å². The normalized spacial score (nSPS) is 9.79. The quantitative estimate of drug-likeness (QED) is 0.611. The highest BCUT2D eigenvalue weighted by atomic mass is 19.1. The maximum absolute atomic E-state index is 13.0. The summed E-state index contributed by atoms with van der Waals surface area (Å²) < 4.78 is 13.0. The summed E-state index contributed by atoms with van der Waals surface area (Å²) in [6, 6.07) is 1.66. The van der Waals surface area contributed by atoms with Crippen LogP contribution in [0.4, 0.5) is 10.1 Å². The van der Waals surface area contributed by atoms with Crippen molar-refractivity contribution in [3.05, 3.63) is 29.1 Å². The van der Waals surface area contributed by atoms with Gasteiger partial charge >= 0.3 is 11.9 Å². The van der Waals surface area contributed by atoms with Crippen molar-refractivity contribution in [3.63, 3.8) is 0 Å². The van der Waals surface area contributed by atoms with E-state index in [0.29, 0.717) is 0 Å². The highest BCUT2D eigenvalue weighted by Crippen LogP contribution is 2.18. The van der Waals surface area contributed by atoms with E-state index in [-0.39, 0.29) is 5.69 Å². The van der Waals surface area contributed by atoms with Crippen LogP contribution in [0.1, 0.15) is 20.7 Å². The molecule has 5 nitrogen and oxygen atoms in total.